The van der Waals surface area contributed by atoms with Gasteiger partial charge in [-0.2, -0.15) is 5.10 Å². The van der Waals surface area contributed by atoms with Gasteiger partial charge in [-0.25, -0.2) is 13.9 Å². The number of anilines is 1. The Bertz CT molecular complexity index is 1330. The van der Waals surface area contributed by atoms with E-state index in [2.05, 4.69) is 17.0 Å². The van der Waals surface area contributed by atoms with Gasteiger partial charge in [0.25, 0.3) is 5.91 Å². The van der Waals surface area contributed by atoms with Crippen molar-refractivity contribution < 1.29 is 19.1 Å². The quantitative estimate of drug-likeness (QED) is 0.515. The fourth-order valence-corrected chi connectivity index (χ4v) is 5.50. The van der Waals surface area contributed by atoms with Crippen molar-refractivity contribution in [1.82, 2.24) is 19.5 Å². The average molecular weight is 508 g/mol. The summed E-state index contributed by atoms with van der Waals surface area (Å²) in [5, 5.41) is 13.8. The number of benzene rings is 1. The van der Waals surface area contributed by atoms with E-state index in [1.807, 2.05) is 29.8 Å². The minimum Gasteiger partial charge on any atom is -0.481 e. The number of carboxylic acids is 1. The van der Waals surface area contributed by atoms with E-state index in [1.165, 1.54) is 6.07 Å². The van der Waals surface area contributed by atoms with Gasteiger partial charge in [0.15, 0.2) is 5.65 Å². The Labute approximate surface area is 216 Å². The highest BCUT2D eigenvalue weighted by Gasteiger charge is 2.37. The van der Waals surface area contributed by atoms with Crippen LogP contribution in [-0.4, -0.2) is 62.2 Å². The summed E-state index contributed by atoms with van der Waals surface area (Å²) in [5.74, 6) is -1.57. The number of carbonyl (C=O) groups is 2. The molecule has 9 heteroatoms. The van der Waals surface area contributed by atoms with Crippen LogP contribution in [0.1, 0.15) is 68.6 Å². The number of aromatic nitrogens is 3. The molecule has 1 saturated heterocycles. The Morgan fingerprint density at radius 2 is 1.95 bits per heavy atom. The van der Waals surface area contributed by atoms with Crippen LogP contribution in [-0.2, 0) is 11.2 Å². The number of carboxylic acid groups (broad SMARTS) is 1. The molecule has 2 aromatic heterocycles. The molecule has 3 heterocycles. The molecule has 37 heavy (non-hydrogen) atoms. The van der Waals surface area contributed by atoms with Crippen molar-refractivity contribution in [2.45, 2.75) is 70.9 Å². The molecule has 3 aromatic rings. The molecule has 1 amide bonds. The lowest BCUT2D eigenvalue weighted by Crippen LogP contribution is -2.45. The second kappa shape index (κ2) is 10.1. The Kier molecular flexibility index (Phi) is 6.88. The molecule has 1 aliphatic carbocycles. The molecule has 8 nitrogen and oxygen atoms in total. The third-order valence-electron chi connectivity index (χ3n) is 8.04. The first-order chi connectivity index (χ1) is 17.8. The van der Waals surface area contributed by atoms with E-state index in [0.717, 1.165) is 37.9 Å². The molecule has 0 bridgehead atoms. The van der Waals surface area contributed by atoms with E-state index < -0.39 is 11.8 Å². The van der Waals surface area contributed by atoms with Crippen LogP contribution in [0.3, 0.4) is 0 Å². The van der Waals surface area contributed by atoms with Crippen LogP contribution in [0.5, 0.6) is 0 Å². The Morgan fingerprint density at radius 3 is 2.65 bits per heavy atom. The zero-order valence-corrected chi connectivity index (χ0v) is 21.7. The number of hydrogen-bond acceptors (Lipinski definition) is 5. The van der Waals surface area contributed by atoms with Gasteiger partial charge in [-0.1, -0.05) is 19.8 Å². The zero-order chi connectivity index (χ0) is 26.3. The summed E-state index contributed by atoms with van der Waals surface area (Å²) in [6, 6.07) is 8.80. The molecule has 0 radical (unpaired) electrons. The lowest BCUT2D eigenvalue weighted by atomic mass is 9.79. The fourth-order valence-electron chi connectivity index (χ4n) is 5.50. The van der Waals surface area contributed by atoms with E-state index >= 15 is 4.39 Å². The number of likely N-dealkylation sites (tertiary alicyclic amines) is 1. The maximum absolute atomic E-state index is 15.3. The molecule has 1 atom stereocenters. The molecule has 2 aliphatic rings. The third-order valence-corrected chi connectivity index (χ3v) is 8.04. The number of nitrogens with zero attached hydrogens (tertiary/aromatic N) is 5. The molecular weight excluding hydrogens is 473 g/mol. The summed E-state index contributed by atoms with van der Waals surface area (Å²) in [5.41, 5.74) is 3.28. The molecule has 1 saturated carbocycles. The molecule has 1 aliphatic heterocycles. The van der Waals surface area contributed by atoms with Crippen molar-refractivity contribution in [3.63, 3.8) is 0 Å². The Hall–Kier alpha value is -3.49. The maximum atomic E-state index is 15.3. The largest absolute Gasteiger partial charge is 0.481 e. The van der Waals surface area contributed by atoms with Gasteiger partial charge in [-0.15, -0.1) is 0 Å². The minimum atomic E-state index is -0.774. The molecule has 0 spiro atoms. The van der Waals surface area contributed by atoms with Gasteiger partial charge in [0.05, 0.1) is 11.6 Å². The van der Waals surface area contributed by atoms with Crippen LogP contribution in [0.25, 0.3) is 16.9 Å². The lowest BCUT2D eigenvalue weighted by molar-refractivity contribution is -0.145. The topological polar surface area (TPSA) is 91.0 Å². The second-order valence-corrected chi connectivity index (χ2v) is 10.4. The van der Waals surface area contributed by atoms with Crippen molar-refractivity contribution in [1.29, 1.82) is 0 Å². The molecule has 1 N–H and O–H groups in total. The number of aliphatic carboxylic acids is 1. The highest BCUT2D eigenvalue weighted by atomic mass is 19.1. The van der Waals surface area contributed by atoms with Gasteiger partial charge in [0.2, 0.25) is 0 Å². The highest BCUT2D eigenvalue weighted by molar-refractivity contribution is 5.93. The van der Waals surface area contributed by atoms with E-state index in [1.54, 1.807) is 22.7 Å². The predicted octanol–water partition coefficient (Wildman–Crippen LogP) is 4.80. The summed E-state index contributed by atoms with van der Waals surface area (Å²) >= 11 is 0. The van der Waals surface area contributed by atoms with Crippen molar-refractivity contribution in [2.75, 3.05) is 18.5 Å². The molecule has 0 unspecified atom stereocenters. The average Bonchev–Trinajstić information content (AvgIpc) is 3.15. The Morgan fingerprint density at radius 1 is 1.16 bits per heavy atom. The van der Waals surface area contributed by atoms with Gasteiger partial charge >= 0.3 is 5.97 Å². The number of rotatable bonds is 6. The number of fused-ring (bicyclic) bond motifs is 1. The van der Waals surface area contributed by atoms with Crippen LogP contribution in [0.2, 0.25) is 0 Å². The normalized spacial score (nSPS) is 21.9. The standard InChI is InChI=1S/C28H34FN5O3/c1-4-19-15-25(27(35)33-11-7-5-6-8-17(33)2)30-26-16-24(31-34(19)26)22-10-9-20(14-23(22)29)32(3)21-12-18(13-21)28(36)37/h9-10,14-18,21H,4-8,11-13H2,1-3H3,(H,36,37)/t17-,18?,21?/m1/s1. The third kappa shape index (κ3) is 4.79. The number of carbonyl (C=O) groups excluding carboxylic acids is 1. The number of amides is 1. The molecule has 2 fully saturated rings. The van der Waals surface area contributed by atoms with Crippen LogP contribution in [0.15, 0.2) is 30.3 Å². The van der Waals surface area contributed by atoms with Gasteiger partial charge < -0.3 is 14.9 Å². The van der Waals surface area contributed by atoms with Crippen molar-refractivity contribution in [2.24, 2.45) is 5.92 Å². The number of aryl methyl sites for hydroxylation is 1. The van der Waals surface area contributed by atoms with Gasteiger partial charge in [-0.05, 0) is 63.3 Å². The summed E-state index contributed by atoms with van der Waals surface area (Å²) in [6.07, 6.45) is 6.04. The summed E-state index contributed by atoms with van der Waals surface area (Å²) in [4.78, 5) is 33.0. The van der Waals surface area contributed by atoms with Crippen LogP contribution >= 0.6 is 0 Å². The van der Waals surface area contributed by atoms with Crippen LogP contribution < -0.4 is 4.90 Å². The molecular formula is C28H34FN5O3. The number of hydrogen-bond donors (Lipinski definition) is 1. The van der Waals surface area contributed by atoms with E-state index in [9.17, 15) is 9.59 Å². The highest BCUT2D eigenvalue weighted by Crippen LogP contribution is 2.35. The van der Waals surface area contributed by atoms with E-state index in [4.69, 9.17) is 5.11 Å². The fraction of sp³-hybridized carbons (Fsp3) is 0.500. The number of halogens is 1. The van der Waals surface area contributed by atoms with E-state index in [-0.39, 0.29) is 23.9 Å². The first-order valence-electron chi connectivity index (χ1n) is 13.2. The lowest BCUT2D eigenvalue weighted by Gasteiger charge is -2.40. The smallest absolute Gasteiger partial charge is 0.306 e. The summed E-state index contributed by atoms with van der Waals surface area (Å²) < 4.78 is 17.0. The molecule has 196 valence electrons. The van der Waals surface area contributed by atoms with Gasteiger partial charge in [0, 0.05) is 48.7 Å². The van der Waals surface area contributed by atoms with Gasteiger partial charge in [-0.3, -0.25) is 9.59 Å². The molecule has 1 aromatic carbocycles. The second-order valence-electron chi connectivity index (χ2n) is 10.4. The summed E-state index contributed by atoms with van der Waals surface area (Å²) in [7, 11) is 1.86. The first-order valence-corrected chi connectivity index (χ1v) is 13.2. The Balaban J connectivity index is 1.42. The first kappa shape index (κ1) is 25.2. The maximum Gasteiger partial charge on any atom is 0.306 e. The van der Waals surface area contributed by atoms with Crippen molar-refractivity contribution in [3.8, 4) is 11.3 Å². The van der Waals surface area contributed by atoms with E-state index in [0.29, 0.717) is 47.5 Å². The van der Waals surface area contributed by atoms with Crippen LogP contribution in [0.4, 0.5) is 10.1 Å². The minimum absolute atomic E-state index is 0.0611. The SMILES string of the molecule is CCc1cc(C(=O)N2CCCCC[C@H]2C)nc2cc(-c3ccc(N(C)C4CC(C(=O)O)C4)cc3F)nn12. The van der Waals surface area contributed by atoms with Gasteiger partial charge in [0.1, 0.15) is 11.5 Å². The molecule has 5 rings (SSSR count). The predicted molar refractivity (Wildman–Crippen MR) is 139 cm³/mol. The summed E-state index contributed by atoms with van der Waals surface area (Å²) in [6.45, 7) is 4.83. The van der Waals surface area contributed by atoms with Crippen molar-refractivity contribution in [3.05, 3.63) is 47.5 Å². The zero-order valence-electron chi connectivity index (χ0n) is 21.7. The monoisotopic (exact) mass is 507 g/mol. The van der Waals surface area contributed by atoms with Crippen molar-refractivity contribution >= 4 is 23.2 Å². The van der Waals surface area contributed by atoms with Crippen LogP contribution in [0, 0.1) is 11.7 Å².